The minimum Gasteiger partial charge on any atom is -0.504 e. The number of aromatic nitrogens is 2. The molecule has 150 valence electrons. The topological polar surface area (TPSA) is 79.6 Å². The highest BCUT2D eigenvalue weighted by atomic mass is 35.5. The van der Waals surface area contributed by atoms with Gasteiger partial charge >= 0.3 is 0 Å². The molecule has 0 fully saturated rings. The monoisotopic (exact) mass is 438 g/mol. The van der Waals surface area contributed by atoms with Crippen molar-refractivity contribution in [3.8, 4) is 22.9 Å². The first-order valence-electron chi connectivity index (χ1n) is 8.93. The molecule has 1 heterocycles. The number of nitrogens with one attached hydrogen (secondary N) is 1. The Hall–Kier alpha value is -3.35. The van der Waals surface area contributed by atoms with E-state index in [1.807, 2.05) is 24.3 Å². The number of hydrogen-bond acceptors (Lipinski definition) is 6. The lowest BCUT2D eigenvalue weighted by Crippen LogP contribution is -1.99. The number of benzene rings is 3. The number of aromatic hydroxyl groups is 1. The molecule has 4 rings (SSSR count). The Morgan fingerprint density at radius 2 is 1.87 bits per heavy atom. The van der Waals surface area contributed by atoms with Crippen LogP contribution >= 0.6 is 23.2 Å². The highest BCUT2D eigenvalue weighted by Gasteiger charge is 2.12. The van der Waals surface area contributed by atoms with E-state index in [0.29, 0.717) is 33.0 Å². The highest BCUT2D eigenvalue weighted by molar-refractivity contribution is 6.36. The Balaban J connectivity index is 1.71. The van der Waals surface area contributed by atoms with E-state index in [-0.39, 0.29) is 5.75 Å². The van der Waals surface area contributed by atoms with Crippen LogP contribution in [0.15, 0.2) is 65.8 Å². The lowest BCUT2D eigenvalue weighted by Gasteiger charge is -2.09. The second-order valence-electron chi connectivity index (χ2n) is 6.34. The Bertz CT molecular complexity index is 1260. The van der Waals surface area contributed by atoms with Crippen molar-refractivity contribution in [2.24, 2.45) is 5.10 Å². The molecule has 2 N–H and O–H groups in total. The van der Waals surface area contributed by atoms with Crippen molar-refractivity contribution in [3.63, 3.8) is 0 Å². The molecule has 0 atom stereocenters. The van der Waals surface area contributed by atoms with E-state index in [1.165, 1.54) is 7.11 Å². The van der Waals surface area contributed by atoms with Crippen LogP contribution in [0.3, 0.4) is 0 Å². The van der Waals surface area contributed by atoms with Gasteiger partial charge in [0.15, 0.2) is 23.1 Å². The number of halogens is 2. The maximum atomic E-state index is 9.71. The number of anilines is 1. The van der Waals surface area contributed by atoms with Gasteiger partial charge in [-0.05, 0) is 54.1 Å². The normalized spacial score (nSPS) is 11.2. The number of nitrogens with zero attached hydrogens (tertiary/aromatic N) is 3. The maximum absolute atomic E-state index is 9.71. The molecule has 6 nitrogen and oxygen atoms in total. The molecule has 0 saturated heterocycles. The first kappa shape index (κ1) is 19.9. The second-order valence-corrected chi connectivity index (χ2v) is 7.18. The van der Waals surface area contributed by atoms with Crippen LogP contribution in [-0.2, 0) is 0 Å². The predicted octanol–water partition coefficient (Wildman–Crippen LogP) is 5.76. The number of hydrazone groups is 1. The molecule has 30 heavy (non-hydrogen) atoms. The Morgan fingerprint density at radius 3 is 2.67 bits per heavy atom. The molecule has 0 amide bonds. The molecular weight excluding hydrogens is 423 g/mol. The molecule has 0 radical (unpaired) electrons. The van der Waals surface area contributed by atoms with Crippen LogP contribution in [0.25, 0.3) is 22.3 Å². The van der Waals surface area contributed by atoms with Crippen LogP contribution in [0.5, 0.6) is 11.5 Å². The molecule has 1 aromatic heterocycles. The van der Waals surface area contributed by atoms with Crippen molar-refractivity contribution in [2.75, 3.05) is 12.5 Å². The predicted molar refractivity (Wildman–Crippen MR) is 121 cm³/mol. The van der Waals surface area contributed by atoms with Crippen LogP contribution < -0.4 is 10.2 Å². The number of ether oxygens (including phenoxy) is 1. The summed E-state index contributed by atoms with van der Waals surface area (Å²) in [6.45, 7) is 0. The van der Waals surface area contributed by atoms with Crippen LogP contribution in [0.4, 0.5) is 5.82 Å². The van der Waals surface area contributed by atoms with Crippen molar-refractivity contribution in [1.82, 2.24) is 9.97 Å². The summed E-state index contributed by atoms with van der Waals surface area (Å²) in [5.74, 6) is 1.42. The fourth-order valence-electron chi connectivity index (χ4n) is 2.90. The molecule has 0 aliphatic rings. The third kappa shape index (κ3) is 4.15. The van der Waals surface area contributed by atoms with Gasteiger partial charge in [0.25, 0.3) is 0 Å². The Labute approximate surface area is 182 Å². The summed E-state index contributed by atoms with van der Waals surface area (Å²) in [6.07, 6.45) is 1.60. The molecule has 0 saturated carbocycles. The summed E-state index contributed by atoms with van der Waals surface area (Å²) in [5.41, 5.74) is 5.14. The molecule has 0 unspecified atom stereocenters. The van der Waals surface area contributed by atoms with Gasteiger partial charge in [0.1, 0.15) is 0 Å². The fraction of sp³-hybridized carbons (Fsp3) is 0.0455. The molecular formula is C22H16Cl2N4O2. The molecule has 0 spiro atoms. The summed E-state index contributed by atoms with van der Waals surface area (Å²) in [7, 11) is 1.49. The van der Waals surface area contributed by atoms with Gasteiger partial charge in [-0.15, -0.1) is 0 Å². The van der Waals surface area contributed by atoms with Crippen molar-refractivity contribution >= 4 is 46.1 Å². The van der Waals surface area contributed by atoms with Crippen molar-refractivity contribution < 1.29 is 9.84 Å². The van der Waals surface area contributed by atoms with Gasteiger partial charge in [0.05, 0.1) is 23.9 Å². The minimum absolute atomic E-state index is 0.0638. The average molecular weight is 439 g/mol. The zero-order chi connectivity index (χ0) is 21.1. The van der Waals surface area contributed by atoms with E-state index >= 15 is 0 Å². The van der Waals surface area contributed by atoms with Crippen LogP contribution in [0.2, 0.25) is 10.0 Å². The van der Waals surface area contributed by atoms with E-state index < -0.39 is 0 Å². The highest BCUT2D eigenvalue weighted by Crippen LogP contribution is 2.31. The fourth-order valence-corrected chi connectivity index (χ4v) is 3.39. The maximum Gasteiger partial charge on any atom is 0.163 e. The summed E-state index contributed by atoms with van der Waals surface area (Å²) in [4.78, 5) is 9.23. The number of hydrogen-bond donors (Lipinski definition) is 2. The zero-order valence-electron chi connectivity index (χ0n) is 15.8. The standard InChI is InChI=1S/C22H16Cl2N4O2/c1-30-20-10-13(6-9-19(20)29)12-25-28-22-16-4-2-3-5-18(16)26-21(27-22)15-8-7-14(23)11-17(15)24/h2-12,29H,1H3,(H,26,27,28)/b25-12+. The molecule has 0 bridgehead atoms. The van der Waals surface area contributed by atoms with Gasteiger partial charge in [-0.25, -0.2) is 9.97 Å². The summed E-state index contributed by atoms with van der Waals surface area (Å²) in [6, 6.07) is 17.7. The van der Waals surface area contributed by atoms with Gasteiger partial charge in [-0.2, -0.15) is 5.10 Å². The average Bonchev–Trinajstić information content (AvgIpc) is 2.74. The van der Waals surface area contributed by atoms with E-state index in [0.717, 1.165) is 16.5 Å². The number of methoxy groups -OCH3 is 1. The quantitative estimate of drug-likeness (QED) is 0.305. The molecule has 8 heteroatoms. The zero-order valence-corrected chi connectivity index (χ0v) is 17.3. The molecule has 0 aliphatic heterocycles. The van der Waals surface area contributed by atoms with Gasteiger partial charge in [0.2, 0.25) is 0 Å². The summed E-state index contributed by atoms with van der Waals surface area (Å²) in [5, 5.41) is 15.8. The van der Waals surface area contributed by atoms with E-state index in [4.69, 9.17) is 27.9 Å². The first-order chi connectivity index (χ1) is 14.5. The number of para-hydroxylation sites is 1. The Kier molecular flexibility index (Phi) is 5.70. The number of rotatable bonds is 5. The lowest BCUT2D eigenvalue weighted by molar-refractivity contribution is 0.373. The van der Waals surface area contributed by atoms with Crippen molar-refractivity contribution in [2.45, 2.75) is 0 Å². The third-order valence-corrected chi connectivity index (χ3v) is 4.91. The van der Waals surface area contributed by atoms with Crippen LogP contribution in [0, 0.1) is 0 Å². The largest absolute Gasteiger partial charge is 0.504 e. The number of fused-ring (bicyclic) bond motifs is 1. The van der Waals surface area contributed by atoms with E-state index in [9.17, 15) is 5.11 Å². The SMILES string of the molecule is COc1cc(/C=N/Nc2nc(-c3ccc(Cl)cc3Cl)nc3ccccc23)ccc1O. The van der Waals surface area contributed by atoms with Gasteiger partial charge < -0.3 is 9.84 Å². The number of phenols is 1. The smallest absolute Gasteiger partial charge is 0.163 e. The summed E-state index contributed by atoms with van der Waals surface area (Å²) < 4.78 is 5.12. The van der Waals surface area contributed by atoms with Gasteiger partial charge in [-0.3, -0.25) is 5.43 Å². The second kappa shape index (κ2) is 8.57. The molecule has 3 aromatic carbocycles. The van der Waals surface area contributed by atoms with Gasteiger partial charge in [-0.1, -0.05) is 35.3 Å². The third-order valence-electron chi connectivity index (χ3n) is 4.36. The van der Waals surface area contributed by atoms with Crippen molar-refractivity contribution in [1.29, 1.82) is 0 Å². The molecule has 0 aliphatic carbocycles. The number of phenolic OH excluding ortho intramolecular Hbond substituents is 1. The van der Waals surface area contributed by atoms with Crippen molar-refractivity contribution in [3.05, 3.63) is 76.3 Å². The van der Waals surface area contributed by atoms with E-state index in [1.54, 1.807) is 42.6 Å². The molecule has 4 aromatic rings. The Morgan fingerprint density at radius 1 is 1.03 bits per heavy atom. The van der Waals surface area contributed by atoms with Crippen LogP contribution in [-0.4, -0.2) is 28.4 Å². The summed E-state index contributed by atoms with van der Waals surface area (Å²) >= 11 is 12.4. The van der Waals surface area contributed by atoms with Gasteiger partial charge in [0, 0.05) is 16.0 Å². The minimum atomic E-state index is 0.0638. The lowest BCUT2D eigenvalue weighted by atomic mass is 10.2. The van der Waals surface area contributed by atoms with E-state index in [2.05, 4.69) is 20.5 Å². The first-order valence-corrected chi connectivity index (χ1v) is 9.69. The van der Waals surface area contributed by atoms with Crippen LogP contribution in [0.1, 0.15) is 5.56 Å².